The number of nitrogens with one attached hydrogen (secondary N) is 1. The molecule has 0 radical (unpaired) electrons. The van der Waals surface area contributed by atoms with Gasteiger partial charge in [-0.05, 0) is 25.0 Å². The van der Waals surface area contributed by atoms with Gasteiger partial charge in [0.1, 0.15) is 5.82 Å². The fourth-order valence-corrected chi connectivity index (χ4v) is 1.96. The van der Waals surface area contributed by atoms with E-state index >= 15 is 0 Å². The molecule has 0 bridgehead atoms. The second-order valence-corrected chi connectivity index (χ2v) is 4.69. The lowest BCUT2D eigenvalue weighted by molar-refractivity contribution is 0.131. The van der Waals surface area contributed by atoms with Crippen LogP contribution in [-0.4, -0.2) is 29.7 Å². The van der Waals surface area contributed by atoms with Crippen molar-refractivity contribution >= 4 is 22.7 Å². The zero-order valence-electron chi connectivity index (χ0n) is 11.9. The standard InChI is InChI=1S/C15H22N4O/c1-2-3-10-20-11-6-9-17-14-12-7-4-5-8-13(12)18-15(16)19-14/h4-5,7-8H,2-3,6,9-11H2,1H3,(H3,16,17,18,19). The van der Waals surface area contributed by atoms with Gasteiger partial charge in [0.25, 0.3) is 0 Å². The van der Waals surface area contributed by atoms with Gasteiger partial charge >= 0.3 is 0 Å². The van der Waals surface area contributed by atoms with E-state index < -0.39 is 0 Å². The van der Waals surface area contributed by atoms with Crippen molar-refractivity contribution in [2.45, 2.75) is 26.2 Å². The number of hydrogen-bond donors (Lipinski definition) is 2. The molecular formula is C15H22N4O. The average Bonchev–Trinajstić information content (AvgIpc) is 2.46. The first kappa shape index (κ1) is 14.5. The Hall–Kier alpha value is -1.88. The van der Waals surface area contributed by atoms with E-state index in [1.165, 1.54) is 6.42 Å². The van der Waals surface area contributed by atoms with Crippen LogP contribution in [0.25, 0.3) is 10.9 Å². The molecule has 0 unspecified atom stereocenters. The molecule has 0 amide bonds. The van der Waals surface area contributed by atoms with Crippen molar-refractivity contribution in [1.29, 1.82) is 0 Å². The van der Waals surface area contributed by atoms with Gasteiger partial charge in [-0.1, -0.05) is 25.5 Å². The summed E-state index contributed by atoms with van der Waals surface area (Å²) in [5.74, 6) is 1.09. The van der Waals surface area contributed by atoms with Crippen LogP contribution in [0.3, 0.4) is 0 Å². The van der Waals surface area contributed by atoms with Gasteiger partial charge in [0.05, 0.1) is 5.52 Å². The minimum Gasteiger partial charge on any atom is -0.381 e. The van der Waals surface area contributed by atoms with E-state index in [-0.39, 0.29) is 0 Å². The molecule has 1 aromatic carbocycles. The Morgan fingerprint density at radius 2 is 1.95 bits per heavy atom. The summed E-state index contributed by atoms with van der Waals surface area (Å²) in [7, 11) is 0. The first-order valence-electron chi connectivity index (χ1n) is 7.15. The molecule has 3 N–H and O–H groups in total. The monoisotopic (exact) mass is 274 g/mol. The van der Waals surface area contributed by atoms with Crippen LogP contribution in [0.4, 0.5) is 11.8 Å². The van der Waals surface area contributed by atoms with E-state index in [1.807, 2.05) is 24.3 Å². The molecule has 0 aliphatic carbocycles. The van der Waals surface area contributed by atoms with Gasteiger partial charge < -0.3 is 15.8 Å². The summed E-state index contributed by atoms with van der Waals surface area (Å²) in [5.41, 5.74) is 6.59. The van der Waals surface area contributed by atoms with Crippen LogP contribution in [0.1, 0.15) is 26.2 Å². The molecule has 0 aliphatic heterocycles. The van der Waals surface area contributed by atoms with Gasteiger partial charge in [-0.3, -0.25) is 0 Å². The molecule has 108 valence electrons. The van der Waals surface area contributed by atoms with E-state index in [9.17, 15) is 0 Å². The van der Waals surface area contributed by atoms with Gasteiger partial charge in [-0.15, -0.1) is 0 Å². The quantitative estimate of drug-likeness (QED) is 0.724. The largest absolute Gasteiger partial charge is 0.381 e. The highest BCUT2D eigenvalue weighted by atomic mass is 16.5. The van der Waals surface area contributed by atoms with Crippen molar-refractivity contribution in [3.8, 4) is 0 Å². The molecular weight excluding hydrogens is 252 g/mol. The molecule has 0 spiro atoms. The molecule has 20 heavy (non-hydrogen) atoms. The number of para-hydroxylation sites is 1. The van der Waals surface area contributed by atoms with E-state index in [4.69, 9.17) is 10.5 Å². The molecule has 0 atom stereocenters. The van der Waals surface area contributed by atoms with Crippen LogP contribution in [0.2, 0.25) is 0 Å². The lowest BCUT2D eigenvalue weighted by Crippen LogP contribution is -2.09. The zero-order chi connectivity index (χ0) is 14.2. The lowest BCUT2D eigenvalue weighted by atomic mass is 10.2. The van der Waals surface area contributed by atoms with Gasteiger partial charge in [0.15, 0.2) is 0 Å². The Balaban J connectivity index is 1.86. The Morgan fingerprint density at radius 3 is 2.80 bits per heavy atom. The molecule has 2 rings (SSSR count). The minimum absolute atomic E-state index is 0.297. The Bertz CT molecular complexity index is 544. The Morgan fingerprint density at radius 1 is 1.15 bits per heavy atom. The Labute approximate surface area is 119 Å². The summed E-state index contributed by atoms with van der Waals surface area (Å²) in [6.07, 6.45) is 3.24. The number of nitrogens with zero attached hydrogens (tertiary/aromatic N) is 2. The maximum absolute atomic E-state index is 5.72. The van der Waals surface area contributed by atoms with Gasteiger partial charge in [0, 0.05) is 25.1 Å². The number of anilines is 2. The van der Waals surface area contributed by atoms with Crippen molar-refractivity contribution < 1.29 is 4.74 Å². The van der Waals surface area contributed by atoms with Crippen LogP contribution in [0.15, 0.2) is 24.3 Å². The van der Waals surface area contributed by atoms with E-state index in [0.717, 1.165) is 49.3 Å². The molecule has 0 fully saturated rings. The van der Waals surface area contributed by atoms with Gasteiger partial charge in [-0.25, -0.2) is 4.98 Å². The summed E-state index contributed by atoms with van der Waals surface area (Å²) in [4.78, 5) is 8.48. The highest BCUT2D eigenvalue weighted by molar-refractivity contribution is 5.89. The molecule has 1 heterocycles. The third-order valence-corrected chi connectivity index (χ3v) is 3.02. The van der Waals surface area contributed by atoms with Crippen molar-refractivity contribution in [1.82, 2.24) is 9.97 Å². The maximum Gasteiger partial charge on any atom is 0.222 e. The number of fused-ring (bicyclic) bond motifs is 1. The van der Waals surface area contributed by atoms with Crippen LogP contribution in [-0.2, 0) is 4.74 Å². The molecule has 2 aromatic rings. The number of ether oxygens (including phenoxy) is 1. The van der Waals surface area contributed by atoms with E-state index in [0.29, 0.717) is 5.95 Å². The minimum atomic E-state index is 0.297. The maximum atomic E-state index is 5.72. The topological polar surface area (TPSA) is 73.1 Å². The SMILES string of the molecule is CCCCOCCCNc1nc(N)nc2ccccc12. The number of nitrogen functional groups attached to an aromatic ring is 1. The first-order chi connectivity index (χ1) is 9.81. The summed E-state index contributed by atoms with van der Waals surface area (Å²) in [6, 6.07) is 7.85. The number of hydrogen-bond acceptors (Lipinski definition) is 5. The van der Waals surface area contributed by atoms with E-state index in [1.54, 1.807) is 0 Å². The van der Waals surface area contributed by atoms with Gasteiger partial charge in [0.2, 0.25) is 5.95 Å². The number of nitrogens with two attached hydrogens (primary N) is 1. The molecule has 5 nitrogen and oxygen atoms in total. The lowest BCUT2D eigenvalue weighted by Gasteiger charge is -2.09. The third-order valence-electron chi connectivity index (χ3n) is 3.02. The van der Waals surface area contributed by atoms with Crippen LogP contribution in [0, 0.1) is 0 Å². The predicted octanol–water partition coefficient (Wildman–Crippen LogP) is 2.83. The van der Waals surface area contributed by atoms with Crippen LogP contribution in [0.5, 0.6) is 0 Å². The van der Waals surface area contributed by atoms with Crippen molar-refractivity contribution in [2.75, 3.05) is 30.8 Å². The van der Waals surface area contributed by atoms with Gasteiger partial charge in [-0.2, -0.15) is 4.98 Å². The summed E-state index contributed by atoms with van der Waals surface area (Å²) >= 11 is 0. The predicted molar refractivity (Wildman–Crippen MR) is 82.8 cm³/mol. The summed E-state index contributed by atoms with van der Waals surface area (Å²) in [6.45, 7) is 4.59. The molecule has 0 saturated carbocycles. The highest BCUT2D eigenvalue weighted by Gasteiger charge is 2.04. The number of unbranched alkanes of at least 4 members (excludes halogenated alkanes) is 1. The smallest absolute Gasteiger partial charge is 0.222 e. The second kappa shape index (κ2) is 7.65. The van der Waals surface area contributed by atoms with Crippen LogP contribution >= 0.6 is 0 Å². The Kier molecular flexibility index (Phi) is 5.55. The fourth-order valence-electron chi connectivity index (χ4n) is 1.96. The number of rotatable bonds is 8. The van der Waals surface area contributed by atoms with Crippen molar-refractivity contribution in [2.24, 2.45) is 0 Å². The molecule has 5 heteroatoms. The summed E-state index contributed by atoms with van der Waals surface area (Å²) < 4.78 is 5.53. The fraction of sp³-hybridized carbons (Fsp3) is 0.467. The van der Waals surface area contributed by atoms with Crippen LogP contribution < -0.4 is 11.1 Å². The summed E-state index contributed by atoms with van der Waals surface area (Å²) in [5, 5.41) is 4.30. The second-order valence-electron chi connectivity index (χ2n) is 4.69. The molecule has 0 saturated heterocycles. The number of benzene rings is 1. The molecule has 0 aliphatic rings. The first-order valence-corrected chi connectivity index (χ1v) is 7.15. The van der Waals surface area contributed by atoms with Crippen molar-refractivity contribution in [3.05, 3.63) is 24.3 Å². The normalized spacial score (nSPS) is 10.8. The van der Waals surface area contributed by atoms with Crippen molar-refractivity contribution in [3.63, 3.8) is 0 Å². The molecule has 1 aromatic heterocycles. The zero-order valence-corrected chi connectivity index (χ0v) is 11.9. The third kappa shape index (κ3) is 4.06. The number of aromatic nitrogens is 2. The average molecular weight is 274 g/mol. The highest BCUT2D eigenvalue weighted by Crippen LogP contribution is 2.20. The van der Waals surface area contributed by atoms with E-state index in [2.05, 4.69) is 22.2 Å².